The minimum atomic E-state index is 0.214. The van der Waals surface area contributed by atoms with Gasteiger partial charge in [0.15, 0.2) is 0 Å². The molecule has 0 saturated carbocycles. The van der Waals surface area contributed by atoms with E-state index in [1.807, 2.05) is 0 Å². The molecule has 0 bridgehead atoms. The first-order chi connectivity index (χ1) is 7.76. The van der Waals surface area contributed by atoms with Crippen LogP contribution < -0.4 is 5.32 Å². The molecule has 0 spiro atoms. The summed E-state index contributed by atoms with van der Waals surface area (Å²) in [6, 6.07) is 11.3. The highest BCUT2D eigenvalue weighted by Gasteiger charge is 2.07. The fourth-order valence-electron chi connectivity index (χ4n) is 1.74. The number of benzene rings is 1. The third-order valence-corrected chi connectivity index (χ3v) is 2.80. The van der Waals surface area contributed by atoms with E-state index >= 15 is 0 Å². The second kappa shape index (κ2) is 7.09. The van der Waals surface area contributed by atoms with Crippen LogP contribution in [0.1, 0.15) is 32.3 Å². The quantitative estimate of drug-likeness (QED) is 0.719. The third-order valence-electron chi connectivity index (χ3n) is 2.80. The molecule has 0 aliphatic heterocycles. The first kappa shape index (κ1) is 12.8. The zero-order valence-electron chi connectivity index (χ0n) is 10.2. The van der Waals surface area contributed by atoms with Crippen LogP contribution in [0, 0.1) is 12.3 Å². The molecule has 2 unspecified atom stereocenters. The van der Waals surface area contributed by atoms with Gasteiger partial charge in [-0.2, -0.15) is 0 Å². The summed E-state index contributed by atoms with van der Waals surface area (Å²) < 4.78 is 0. The van der Waals surface area contributed by atoms with Crippen molar-refractivity contribution in [3.8, 4) is 12.3 Å². The minimum Gasteiger partial charge on any atom is -0.301 e. The Kier molecular flexibility index (Phi) is 5.67. The summed E-state index contributed by atoms with van der Waals surface area (Å²) in [6.07, 6.45) is 8.65. The van der Waals surface area contributed by atoms with E-state index in [0.717, 1.165) is 19.3 Å². The second-order valence-corrected chi connectivity index (χ2v) is 4.22. The normalized spacial score (nSPS) is 14.1. The minimum absolute atomic E-state index is 0.214. The Morgan fingerprint density at radius 1 is 1.31 bits per heavy atom. The summed E-state index contributed by atoms with van der Waals surface area (Å²) >= 11 is 0. The van der Waals surface area contributed by atoms with Gasteiger partial charge in [-0.1, -0.05) is 43.2 Å². The highest BCUT2D eigenvalue weighted by atomic mass is 14.9. The zero-order chi connectivity index (χ0) is 11.8. The van der Waals surface area contributed by atoms with E-state index in [1.54, 1.807) is 0 Å². The Morgan fingerprint density at radius 2 is 2.00 bits per heavy atom. The van der Waals surface area contributed by atoms with Crippen LogP contribution in [0.5, 0.6) is 0 Å². The molecule has 0 heterocycles. The lowest BCUT2D eigenvalue weighted by Gasteiger charge is -2.18. The summed E-state index contributed by atoms with van der Waals surface area (Å²) in [4.78, 5) is 0. The molecule has 0 aromatic heterocycles. The van der Waals surface area contributed by atoms with Crippen molar-refractivity contribution in [3.63, 3.8) is 0 Å². The van der Waals surface area contributed by atoms with Crippen molar-refractivity contribution in [3.05, 3.63) is 35.9 Å². The fraction of sp³-hybridized carbons (Fsp3) is 0.467. The van der Waals surface area contributed by atoms with Gasteiger partial charge in [0.05, 0.1) is 6.04 Å². The number of hydrogen-bond acceptors (Lipinski definition) is 1. The average Bonchev–Trinajstić information content (AvgIpc) is 2.34. The van der Waals surface area contributed by atoms with E-state index in [1.165, 1.54) is 5.56 Å². The Bertz CT molecular complexity index is 323. The fourth-order valence-corrected chi connectivity index (χ4v) is 1.74. The van der Waals surface area contributed by atoms with E-state index in [0.29, 0.717) is 6.04 Å². The molecular weight excluding hydrogens is 194 g/mol. The Hall–Kier alpha value is -1.26. The van der Waals surface area contributed by atoms with Gasteiger partial charge in [-0.05, 0) is 31.7 Å². The van der Waals surface area contributed by atoms with Gasteiger partial charge in [0, 0.05) is 6.04 Å². The smallest absolute Gasteiger partial charge is 0.0686 e. The predicted octanol–water partition coefficient (Wildman–Crippen LogP) is 3.01. The van der Waals surface area contributed by atoms with Crippen molar-refractivity contribution >= 4 is 0 Å². The third kappa shape index (κ3) is 4.51. The van der Waals surface area contributed by atoms with E-state index in [4.69, 9.17) is 6.42 Å². The summed E-state index contributed by atoms with van der Waals surface area (Å²) in [6.45, 7) is 4.31. The molecule has 16 heavy (non-hydrogen) atoms. The molecule has 86 valence electrons. The molecular formula is C15H21N. The van der Waals surface area contributed by atoms with Gasteiger partial charge < -0.3 is 5.32 Å². The summed E-state index contributed by atoms with van der Waals surface area (Å²) in [5.74, 6) is 2.77. The molecule has 1 rings (SSSR count). The molecule has 0 radical (unpaired) electrons. The number of rotatable bonds is 6. The molecule has 0 amide bonds. The van der Waals surface area contributed by atoms with Crippen molar-refractivity contribution in [2.45, 2.75) is 45.2 Å². The molecule has 1 aromatic rings. The first-order valence-corrected chi connectivity index (χ1v) is 6.02. The molecule has 2 atom stereocenters. The van der Waals surface area contributed by atoms with Crippen LogP contribution in [0.25, 0.3) is 0 Å². The number of aryl methyl sites for hydroxylation is 1. The summed E-state index contributed by atoms with van der Waals surface area (Å²) in [7, 11) is 0. The lowest BCUT2D eigenvalue weighted by molar-refractivity contribution is 0.471. The van der Waals surface area contributed by atoms with Gasteiger partial charge in [-0.25, -0.2) is 0 Å². The van der Waals surface area contributed by atoms with Crippen molar-refractivity contribution in [1.29, 1.82) is 0 Å². The lowest BCUT2D eigenvalue weighted by Crippen LogP contribution is -2.35. The lowest BCUT2D eigenvalue weighted by atomic mass is 10.1. The van der Waals surface area contributed by atoms with Crippen molar-refractivity contribution in [1.82, 2.24) is 5.32 Å². The molecule has 1 nitrogen and oxygen atoms in total. The number of hydrogen-bond donors (Lipinski definition) is 1. The van der Waals surface area contributed by atoms with Crippen LogP contribution in [-0.2, 0) is 6.42 Å². The van der Waals surface area contributed by atoms with Crippen LogP contribution in [0.2, 0.25) is 0 Å². The van der Waals surface area contributed by atoms with Crippen LogP contribution in [0.3, 0.4) is 0 Å². The van der Waals surface area contributed by atoms with E-state index < -0.39 is 0 Å². The average molecular weight is 215 g/mol. The molecule has 1 heteroatoms. The van der Waals surface area contributed by atoms with E-state index in [-0.39, 0.29) is 6.04 Å². The predicted molar refractivity (Wildman–Crippen MR) is 70.3 cm³/mol. The van der Waals surface area contributed by atoms with Crippen LogP contribution in [-0.4, -0.2) is 12.1 Å². The van der Waals surface area contributed by atoms with Gasteiger partial charge in [0.1, 0.15) is 0 Å². The van der Waals surface area contributed by atoms with E-state index in [2.05, 4.69) is 55.4 Å². The van der Waals surface area contributed by atoms with Crippen molar-refractivity contribution in [2.75, 3.05) is 0 Å². The monoisotopic (exact) mass is 215 g/mol. The van der Waals surface area contributed by atoms with Gasteiger partial charge in [-0.3, -0.25) is 0 Å². The van der Waals surface area contributed by atoms with Crippen LogP contribution >= 0.6 is 0 Å². The maximum absolute atomic E-state index is 5.43. The molecule has 1 N–H and O–H groups in total. The largest absolute Gasteiger partial charge is 0.301 e. The standard InChI is InChI=1S/C15H21N/c1-4-15(5-2)16-13(3)11-12-14-9-7-6-8-10-14/h1,6-10,13,15-16H,5,11-12H2,2-3H3. The SMILES string of the molecule is C#CC(CC)NC(C)CCc1ccccc1. The molecule has 0 aliphatic carbocycles. The van der Waals surface area contributed by atoms with Crippen molar-refractivity contribution in [2.24, 2.45) is 0 Å². The van der Waals surface area contributed by atoms with Gasteiger partial charge in [-0.15, -0.1) is 6.42 Å². The highest BCUT2D eigenvalue weighted by molar-refractivity contribution is 5.14. The zero-order valence-corrected chi connectivity index (χ0v) is 10.2. The van der Waals surface area contributed by atoms with Gasteiger partial charge >= 0.3 is 0 Å². The Balaban J connectivity index is 2.30. The Morgan fingerprint density at radius 3 is 2.56 bits per heavy atom. The molecule has 0 saturated heterocycles. The van der Waals surface area contributed by atoms with Gasteiger partial charge in [0.2, 0.25) is 0 Å². The van der Waals surface area contributed by atoms with E-state index in [9.17, 15) is 0 Å². The van der Waals surface area contributed by atoms with Crippen LogP contribution in [0.4, 0.5) is 0 Å². The highest BCUT2D eigenvalue weighted by Crippen LogP contribution is 2.05. The first-order valence-electron chi connectivity index (χ1n) is 6.02. The number of nitrogens with one attached hydrogen (secondary N) is 1. The van der Waals surface area contributed by atoms with Crippen LogP contribution in [0.15, 0.2) is 30.3 Å². The molecule has 1 aromatic carbocycles. The topological polar surface area (TPSA) is 12.0 Å². The molecule has 0 aliphatic rings. The summed E-state index contributed by atoms with van der Waals surface area (Å²) in [5.41, 5.74) is 1.39. The van der Waals surface area contributed by atoms with Gasteiger partial charge in [0.25, 0.3) is 0 Å². The maximum Gasteiger partial charge on any atom is 0.0686 e. The maximum atomic E-state index is 5.43. The Labute approximate surface area is 99.3 Å². The summed E-state index contributed by atoms with van der Waals surface area (Å²) in [5, 5.41) is 3.45. The number of terminal acetylenes is 1. The molecule has 0 fully saturated rings. The second-order valence-electron chi connectivity index (χ2n) is 4.22. The van der Waals surface area contributed by atoms with Crippen molar-refractivity contribution < 1.29 is 0 Å².